The number of ether oxygens (including phenoxy) is 1. The van der Waals surface area contributed by atoms with Gasteiger partial charge in [-0.25, -0.2) is 4.79 Å². The van der Waals surface area contributed by atoms with E-state index in [0.29, 0.717) is 37.4 Å². The van der Waals surface area contributed by atoms with E-state index in [0.717, 1.165) is 19.3 Å². The van der Waals surface area contributed by atoms with Crippen molar-refractivity contribution in [1.29, 1.82) is 0 Å². The smallest absolute Gasteiger partial charge is 0.321 e. The second-order valence-corrected chi connectivity index (χ2v) is 8.94. The molecule has 1 saturated heterocycles. The lowest BCUT2D eigenvalue weighted by Crippen LogP contribution is -2.52. The van der Waals surface area contributed by atoms with Gasteiger partial charge >= 0.3 is 12.0 Å². The Hall–Kier alpha value is -3.68. The van der Waals surface area contributed by atoms with Gasteiger partial charge < -0.3 is 19.9 Å². The molecule has 35 heavy (non-hydrogen) atoms. The minimum absolute atomic E-state index is 0.0566. The molecule has 0 radical (unpaired) electrons. The second-order valence-electron chi connectivity index (χ2n) is 8.94. The molecule has 1 aliphatic heterocycles. The van der Waals surface area contributed by atoms with Crippen molar-refractivity contribution in [2.24, 2.45) is 0 Å². The first-order chi connectivity index (χ1) is 17.0. The summed E-state index contributed by atoms with van der Waals surface area (Å²) in [5, 5.41) is 2.83. The molecule has 2 aromatic rings. The maximum absolute atomic E-state index is 12.5. The Morgan fingerprint density at radius 3 is 2.23 bits per heavy atom. The Morgan fingerprint density at radius 2 is 1.49 bits per heavy atom. The number of Topliss-reactive ketones (excluding diaryl/α,β-unsaturated/α-hetero) is 1. The number of rotatable bonds is 7. The summed E-state index contributed by atoms with van der Waals surface area (Å²) in [6, 6.07) is 14.8. The summed E-state index contributed by atoms with van der Waals surface area (Å²) in [5.41, 5.74) is 3.88. The third-order valence-electron chi connectivity index (χ3n) is 6.53. The fraction of sp³-hybridized carbons (Fsp3) is 0.407. The number of fused-ring (bicyclic) bond motifs is 1. The number of carbonyl (C=O) groups is 4. The molecule has 8 nitrogen and oxygen atoms in total. The van der Waals surface area contributed by atoms with Gasteiger partial charge in [0.05, 0.1) is 6.42 Å². The first kappa shape index (κ1) is 24.4. The number of ketones is 1. The monoisotopic (exact) mass is 477 g/mol. The highest BCUT2D eigenvalue weighted by molar-refractivity contribution is 5.98. The van der Waals surface area contributed by atoms with Gasteiger partial charge in [-0.05, 0) is 55.0 Å². The molecule has 1 N–H and O–H groups in total. The Labute approximate surface area is 205 Å². The van der Waals surface area contributed by atoms with E-state index in [1.807, 2.05) is 48.5 Å². The number of nitrogens with one attached hydrogen (secondary N) is 1. The molecule has 0 saturated carbocycles. The fourth-order valence-corrected chi connectivity index (χ4v) is 4.46. The van der Waals surface area contributed by atoms with Crippen molar-refractivity contribution in [3.63, 3.8) is 0 Å². The largest absolute Gasteiger partial charge is 0.456 e. The maximum atomic E-state index is 12.5. The third kappa shape index (κ3) is 6.68. The Kier molecular flexibility index (Phi) is 8.13. The molecule has 1 aliphatic carbocycles. The zero-order valence-corrected chi connectivity index (χ0v) is 19.8. The van der Waals surface area contributed by atoms with Gasteiger partial charge in [0.15, 0.2) is 12.4 Å². The zero-order chi connectivity index (χ0) is 24.6. The molecule has 4 rings (SSSR count). The van der Waals surface area contributed by atoms with Crippen LogP contribution in [0.15, 0.2) is 48.5 Å². The minimum atomic E-state index is -0.564. The molecule has 2 aliphatic rings. The van der Waals surface area contributed by atoms with Crippen molar-refractivity contribution < 1.29 is 23.9 Å². The predicted octanol–water partition coefficient (Wildman–Crippen LogP) is 3.45. The number of hydrogen-bond acceptors (Lipinski definition) is 5. The van der Waals surface area contributed by atoms with E-state index < -0.39 is 5.97 Å². The lowest BCUT2D eigenvalue weighted by Gasteiger charge is -2.34. The number of esters is 1. The number of nitrogens with zero attached hydrogens (tertiary/aromatic N) is 2. The van der Waals surface area contributed by atoms with Crippen LogP contribution in [0.5, 0.6) is 0 Å². The predicted molar refractivity (Wildman–Crippen MR) is 131 cm³/mol. The molecule has 0 spiro atoms. The van der Waals surface area contributed by atoms with Crippen LogP contribution in [0.4, 0.5) is 10.5 Å². The molecule has 8 heteroatoms. The zero-order valence-electron chi connectivity index (χ0n) is 19.8. The van der Waals surface area contributed by atoms with E-state index in [9.17, 15) is 19.2 Å². The van der Waals surface area contributed by atoms with Crippen molar-refractivity contribution in [3.05, 3.63) is 65.2 Å². The van der Waals surface area contributed by atoms with Gasteiger partial charge in [0.25, 0.3) is 5.91 Å². The highest BCUT2D eigenvalue weighted by Gasteiger charge is 2.25. The highest BCUT2D eigenvalue weighted by Crippen LogP contribution is 2.23. The van der Waals surface area contributed by atoms with Crippen LogP contribution in [0.1, 0.15) is 47.2 Å². The van der Waals surface area contributed by atoms with Crippen LogP contribution < -0.4 is 5.32 Å². The SMILES string of the molecule is O=C(CCC(=O)c1ccc2c(c1)CCCC2)OCC(=O)N1CCN(C(=O)Nc2ccccc2)CC1. The molecule has 0 bridgehead atoms. The maximum Gasteiger partial charge on any atom is 0.321 e. The average Bonchev–Trinajstić information content (AvgIpc) is 2.90. The van der Waals surface area contributed by atoms with Crippen LogP contribution in [0.25, 0.3) is 0 Å². The Balaban J connectivity index is 1.15. The van der Waals surface area contributed by atoms with Gasteiger partial charge in [0, 0.05) is 43.9 Å². The normalized spacial score (nSPS) is 15.2. The first-order valence-electron chi connectivity index (χ1n) is 12.2. The second kappa shape index (κ2) is 11.6. The van der Waals surface area contributed by atoms with Crippen LogP contribution in [0, 0.1) is 0 Å². The van der Waals surface area contributed by atoms with Gasteiger partial charge in [-0.2, -0.15) is 0 Å². The van der Waals surface area contributed by atoms with Gasteiger partial charge in [-0.1, -0.05) is 30.3 Å². The lowest BCUT2D eigenvalue weighted by atomic mass is 9.89. The van der Waals surface area contributed by atoms with Gasteiger partial charge in [0.2, 0.25) is 0 Å². The first-order valence-corrected chi connectivity index (χ1v) is 12.2. The van der Waals surface area contributed by atoms with Gasteiger partial charge in [-0.15, -0.1) is 0 Å². The molecule has 1 fully saturated rings. The number of benzene rings is 2. The van der Waals surface area contributed by atoms with E-state index in [1.165, 1.54) is 17.5 Å². The molecular weight excluding hydrogens is 446 g/mol. The van der Waals surface area contributed by atoms with Crippen molar-refractivity contribution in [2.75, 3.05) is 38.1 Å². The van der Waals surface area contributed by atoms with E-state index in [-0.39, 0.29) is 37.2 Å². The third-order valence-corrected chi connectivity index (χ3v) is 6.53. The van der Waals surface area contributed by atoms with Crippen LogP contribution in [-0.4, -0.2) is 66.3 Å². The molecule has 0 atom stereocenters. The van der Waals surface area contributed by atoms with E-state index in [4.69, 9.17) is 4.74 Å². The van der Waals surface area contributed by atoms with Crippen molar-refractivity contribution in [2.45, 2.75) is 38.5 Å². The summed E-state index contributed by atoms with van der Waals surface area (Å²) in [4.78, 5) is 52.6. The molecule has 3 amide bonds. The van der Waals surface area contributed by atoms with E-state index in [2.05, 4.69) is 5.32 Å². The molecule has 2 aromatic carbocycles. The molecule has 0 unspecified atom stereocenters. The van der Waals surface area contributed by atoms with Crippen molar-refractivity contribution in [1.82, 2.24) is 9.80 Å². The number of carbonyl (C=O) groups excluding carboxylic acids is 4. The quantitative estimate of drug-likeness (QED) is 0.487. The van der Waals surface area contributed by atoms with E-state index in [1.54, 1.807) is 9.80 Å². The standard InChI is InChI=1S/C27H31N3O5/c31-24(22-11-10-20-6-4-5-7-21(20)18-22)12-13-26(33)35-19-25(32)29-14-16-30(17-15-29)27(34)28-23-8-2-1-3-9-23/h1-3,8-11,18H,4-7,12-17,19H2,(H,28,34). The fourth-order valence-electron chi connectivity index (χ4n) is 4.46. The number of urea groups is 1. The van der Waals surface area contributed by atoms with Crippen LogP contribution >= 0.6 is 0 Å². The Bertz CT molecular complexity index is 1080. The van der Waals surface area contributed by atoms with Crippen molar-refractivity contribution >= 4 is 29.4 Å². The van der Waals surface area contributed by atoms with Crippen molar-refractivity contribution in [3.8, 4) is 0 Å². The number of hydrogen-bond donors (Lipinski definition) is 1. The number of anilines is 1. The van der Waals surface area contributed by atoms with Crippen LogP contribution in [0.2, 0.25) is 0 Å². The molecule has 0 aromatic heterocycles. The lowest BCUT2D eigenvalue weighted by molar-refractivity contribution is -0.152. The number of para-hydroxylation sites is 1. The minimum Gasteiger partial charge on any atom is -0.456 e. The molecule has 184 valence electrons. The average molecular weight is 478 g/mol. The van der Waals surface area contributed by atoms with Gasteiger partial charge in [-0.3, -0.25) is 14.4 Å². The summed E-state index contributed by atoms with van der Waals surface area (Å²) < 4.78 is 5.11. The summed E-state index contributed by atoms with van der Waals surface area (Å²) >= 11 is 0. The Morgan fingerprint density at radius 1 is 0.800 bits per heavy atom. The van der Waals surface area contributed by atoms with E-state index >= 15 is 0 Å². The van der Waals surface area contributed by atoms with Gasteiger partial charge in [0.1, 0.15) is 0 Å². The van der Waals surface area contributed by atoms with Crippen LogP contribution in [0.3, 0.4) is 0 Å². The number of aryl methyl sites for hydroxylation is 2. The number of amides is 3. The summed E-state index contributed by atoms with van der Waals surface area (Å²) in [6.07, 6.45) is 4.37. The molecule has 1 heterocycles. The highest BCUT2D eigenvalue weighted by atomic mass is 16.5. The summed E-state index contributed by atoms with van der Waals surface area (Å²) in [6.45, 7) is 1.17. The summed E-state index contributed by atoms with van der Waals surface area (Å²) in [5.74, 6) is -0.959. The number of piperazine rings is 1. The summed E-state index contributed by atoms with van der Waals surface area (Å²) in [7, 11) is 0. The molecular formula is C27H31N3O5. The topological polar surface area (TPSA) is 96.0 Å². The van der Waals surface area contributed by atoms with Crippen LogP contribution in [-0.2, 0) is 27.2 Å².